The molecule has 1 aromatic heterocycles. The lowest BCUT2D eigenvalue weighted by molar-refractivity contribution is -0.149. The van der Waals surface area contributed by atoms with Crippen molar-refractivity contribution in [2.75, 3.05) is 12.8 Å². The Morgan fingerprint density at radius 3 is 2.90 bits per heavy atom. The first-order chi connectivity index (χ1) is 9.49. The number of carbonyl (C=O) groups excluding carboxylic acids is 2. The number of imide groups is 1. The molecule has 1 atom stereocenters. The fourth-order valence-corrected chi connectivity index (χ4v) is 2.90. The fourth-order valence-electron chi connectivity index (χ4n) is 2.55. The molecule has 0 bridgehead atoms. The van der Waals surface area contributed by atoms with E-state index < -0.39 is 6.04 Å². The summed E-state index contributed by atoms with van der Waals surface area (Å²) in [5, 5.41) is 0. The van der Waals surface area contributed by atoms with Crippen molar-refractivity contribution < 1.29 is 9.59 Å². The molecule has 2 amide bonds. The van der Waals surface area contributed by atoms with Gasteiger partial charge in [0.25, 0.3) is 5.91 Å². The Morgan fingerprint density at radius 1 is 1.40 bits per heavy atom. The maximum Gasteiger partial charge on any atom is 0.252 e. The summed E-state index contributed by atoms with van der Waals surface area (Å²) in [4.78, 5) is 29.3. The van der Waals surface area contributed by atoms with Gasteiger partial charge in [-0.2, -0.15) is 0 Å². The Hall–Kier alpha value is -1.89. The number of carbonyl (C=O) groups is 2. The van der Waals surface area contributed by atoms with Gasteiger partial charge in [-0.05, 0) is 24.6 Å². The van der Waals surface area contributed by atoms with Crippen molar-refractivity contribution in [3.8, 4) is 0 Å². The monoisotopic (exact) mass is 336 g/mol. The third-order valence-corrected chi connectivity index (χ3v) is 4.11. The number of nitrogens with zero attached hydrogens (tertiary/aromatic N) is 3. The molecule has 1 saturated heterocycles. The highest BCUT2D eigenvalue weighted by Crippen LogP contribution is 2.31. The number of rotatable bonds is 1. The van der Waals surface area contributed by atoms with Crippen molar-refractivity contribution >= 4 is 44.7 Å². The number of nitrogen functional groups attached to an aromatic ring is 1. The van der Waals surface area contributed by atoms with Gasteiger partial charge in [0.15, 0.2) is 0 Å². The van der Waals surface area contributed by atoms with E-state index in [9.17, 15) is 9.59 Å². The summed E-state index contributed by atoms with van der Waals surface area (Å²) in [5.41, 5.74) is 7.48. The first-order valence-corrected chi connectivity index (χ1v) is 7.01. The number of imidazole rings is 1. The number of benzene rings is 1. The van der Waals surface area contributed by atoms with E-state index >= 15 is 0 Å². The Labute approximate surface area is 123 Å². The van der Waals surface area contributed by atoms with Crippen LogP contribution in [-0.2, 0) is 9.59 Å². The third kappa shape index (κ3) is 1.89. The predicted octanol–water partition coefficient (Wildman–Crippen LogP) is 1.70. The molecule has 0 radical (unpaired) electrons. The van der Waals surface area contributed by atoms with E-state index in [4.69, 9.17) is 5.73 Å². The van der Waals surface area contributed by atoms with E-state index in [1.165, 1.54) is 7.05 Å². The number of piperidine rings is 1. The highest BCUT2D eigenvalue weighted by molar-refractivity contribution is 9.10. The van der Waals surface area contributed by atoms with Gasteiger partial charge in [-0.3, -0.25) is 19.1 Å². The molecule has 2 heterocycles. The minimum atomic E-state index is -0.475. The average Bonchev–Trinajstić information content (AvgIpc) is 2.72. The molecule has 1 aliphatic heterocycles. The summed E-state index contributed by atoms with van der Waals surface area (Å²) in [7, 11) is 1.50. The van der Waals surface area contributed by atoms with Crippen molar-refractivity contribution in [2.45, 2.75) is 18.9 Å². The number of likely N-dealkylation sites (N-methyl/N-ethyl adjacent to an activating group) is 1. The molecule has 2 N–H and O–H groups in total. The van der Waals surface area contributed by atoms with Crippen LogP contribution in [0.5, 0.6) is 0 Å². The Morgan fingerprint density at radius 2 is 2.15 bits per heavy atom. The first kappa shape index (κ1) is 13.1. The van der Waals surface area contributed by atoms with Gasteiger partial charge in [0.05, 0.1) is 11.0 Å². The average molecular weight is 337 g/mol. The summed E-state index contributed by atoms with van der Waals surface area (Å²) in [6.45, 7) is 0. The topological polar surface area (TPSA) is 81.2 Å². The number of likely N-dealkylation sites (tertiary alicyclic amines) is 1. The van der Waals surface area contributed by atoms with Crippen LogP contribution in [0.25, 0.3) is 11.0 Å². The van der Waals surface area contributed by atoms with E-state index in [2.05, 4.69) is 20.9 Å². The second-order valence-corrected chi connectivity index (χ2v) is 5.73. The molecule has 0 saturated carbocycles. The largest absolute Gasteiger partial charge is 0.369 e. The summed E-state index contributed by atoms with van der Waals surface area (Å²) in [5.74, 6) is -0.109. The Bertz CT molecular complexity index is 724. The van der Waals surface area contributed by atoms with Gasteiger partial charge in [0, 0.05) is 17.9 Å². The van der Waals surface area contributed by atoms with Crippen molar-refractivity contribution in [3.63, 3.8) is 0 Å². The van der Waals surface area contributed by atoms with Crippen molar-refractivity contribution in [1.29, 1.82) is 0 Å². The maximum absolute atomic E-state index is 12.3. The van der Waals surface area contributed by atoms with Crippen molar-refractivity contribution in [2.24, 2.45) is 0 Å². The molecule has 1 aliphatic rings. The van der Waals surface area contributed by atoms with Crippen LogP contribution >= 0.6 is 15.9 Å². The summed E-state index contributed by atoms with van der Waals surface area (Å²) in [6, 6.07) is 5.12. The molecule has 2 aromatic rings. The number of anilines is 1. The molecule has 3 rings (SSSR count). The predicted molar refractivity (Wildman–Crippen MR) is 77.9 cm³/mol. The Balaban J connectivity index is 2.14. The zero-order valence-corrected chi connectivity index (χ0v) is 12.4. The number of nitrogens with two attached hydrogens (primary N) is 1. The molecule has 0 aliphatic carbocycles. The zero-order valence-electron chi connectivity index (χ0n) is 10.8. The lowest BCUT2D eigenvalue weighted by Crippen LogP contribution is -2.43. The van der Waals surface area contributed by atoms with E-state index in [1.807, 2.05) is 18.2 Å². The number of hydrogen-bond acceptors (Lipinski definition) is 4. The maximum atomic E-state index is 12.3. The summed E-state index contributed by atoms with van der Waals surface area (Å²) < 4.78 is 2.60. The SMILES string of the molecule is CN1C(=O)CCC(n2c(N)nc3ccc(Br)cc32)C1=O. The van der Waals surface area contributed by atoms with Crippen LogP contribution in [-0.4, -0.2) is 33.3 Å². The van der Waals surface area contributed by atoms with Crippen LogP contribution in [0.2, 0.25) is 0 Å². The van der Waals surface area contributed by atoms with Crippen LogP contribution in [0.1, 0.15) is 18.9 Å². The van der Waals surface area contributed by atoms with Gasteiger partial charge in [0.1, 0.15) is 6.04 Å². The molecule has 1 aromatic carbocycles. The van der Waals surface area contributed by atoms with Gasteiger partial charge in [-0.1, -0.05) is 15.9 Å². The van der Waals surface area contributed by atoms with Gasteiger partial charge in [0.2, 0.25) is 11.9 Å². The third-order valence-electron chi connectivity index (χ3n) is 3.61. The summed E-state index contributed by atoms with van der Waals surface area (Å²) in [6.07, 6.45) is 0.782. The van der Waals surface area contributed by atoms with Crippen LogP contribution in [0.4, 0.5) is 5.95 Å². The number of aromatic nitrogens is 2. The van der Waals surface area contributed by atoms with Gasteiger partial charge in [-0.25, -0.2) is 4.98 Å². The van der Waals surface area contributed by atoms with Gasteiger partial charge >= 0.3 is 0 Å². The lowest BCUT2D eigenvalue weighted by atomic mass is 10.0. The minimum Gasteiger partial charge on any atom is -0.369 e. The minimum absolute atomic E-state index is 0.157. The van der Waals surface area contributed by atoms with Crippen LogP contribution in [0, 0.1) is 0 Å². The highest BCUT2D eigenvalue weighted by atomic mass is 79.9. The van der Waals surface area contributed by atoms with Crippen molar-refractivity contribution in [3.05, 3.63) is 22.7 Å². The smallest absolute Gasteiger partial charge is 0.252 e. The van der Waals surface area contributed by atoms with E-state index in [0.717, 1.165) is 20.4 Å². The fraction of sp³-hybridized carbons (Fsp3) is 0.308. The quantitative estimate of drug-likeness (QED) is 0.803. The molecule has 7 heteroatoms. The van der Waals surface area contributed by atoms with Crippen LogP contribution in [0.3, 0.4) is 0 Å². The molecule has 6 nitrogen and oxygen atoms in total. The van der Waals surface area contributed by atoms with Crippen LogP contribution in [0.15, 0.2) is 22.7 Å². The zero-order chi connectivity index (χ0) is 14.4. The van der Waals surface area contributed by atoms with Gasteiger partial charge in [-0.15, -0.1) is 0 Å². The summed E-state index contributed by atoms with van der Waals surface area (Å²) >= 11 is 3.41. The normalized spacial score (nSPS) is 19.9. The second-order valence-electron chi connectivity index (χ2n) is 4.82. The molecule has 1 fully saturated rings. The molecule has 20 heavy (non-hydrogen) atoms. The molecular formula is C13H13BrN4O2. The first-order valence-electron chi connectivity index (χ1n) is 6.22. The highest BCUT2D eigenvalue weighted by Gasteiger charge is 2.34. The number of hydrogen-bond donors (Lipinski definition) is 1. The number of halogens is 1. The molecular weight excluding hydrogens is 324 g/mol. The van der Waals surface area contributed by atoms with Crippen molar-refractivity contribution in [1.82, 2.24) is 14.5 Å². The van der Waals surface area contributed by atoms with E-state index in [0.29, 0.717) is 18.8 Å². The lowest BCUT2D eigenvalue weighted by Gasteiger charge is -2.29. The number of fused-ring (bicyclic) bond motifs is 1. The van der Waals surface area contributed by atoms with Gasteiger partial charge < -0.3 is 5.73 Å². The number of amides is 2. The second kappa shape index (κ2) is 4.59. The molecule has 104 valence electrons. The molecule has 1 unspecified atom stereocenters. The van der Waals surface area contributed by atoms with E-state index in [-0.39, 0.29) is 11.8 Å². The Kier molecular flexibility index (Phi) is 3.01. The van der Waals surface area contributed by atoms with Crippen LogP contribution < -0.4 is 5.73 Å². The standard InChI is InChI=1S/C13H13BrN4O2/c1-17-11(19)5-4-9(12(17)20)18-10-6-7(14)2-3-8(10)16-13(18)15/h2-3,6,9H,4-5H2,1H3,(H2,15,16). The van der Waals surface area contributed by atoms with E-state index in [1.54, 1.807) is 4.57 Å². The molecule has 0 spiro atoms.